The second-order valence-corrected chi connectivity index (χ2v) is 5.28. The van der Waals surface area contributed by atoms with Gasteiger partial charge in [-0.2, -0.15) is 0 Å². The Kier molecular flexibility index (Phi) is 6.43. The van der Waals surface area contributed by atoms with Gasteiger partial charge in [0.1, 0.15) is 5.82 Å². The van der Waals surface area contributed by atoms with E-state index in [0.717, 1.165) is 24.9 Å². The first kappa shape index (κ1) is 16.9. The van der Waals surface area contributed by atoms with Crippen LogP contribution in [-0.4, -0.2) is 29.9 Å². The summed E-state index contributed by atoms with van der Waals surface area (Å²) in [7, 11) is 0. The molecule has 1 heterocycles. The molecular weight excluding hydrogens is 279 g/mol. The molecule has 2 unspecified atom stereocenters. The number of nitrogens with zero attached hydrogens (tertiary/aromatic N) is 1. The van der Waals surface area contributed by atoms with Crippen molar-refractivity contribution < 1.29 is 9.18 Å². The van der Waals surface area contributed by atoms with Crippen molar-refractivity contribution in [2.24, 2.45) is 5.73 Å². The molecular formula is C15H22ClFN2O. The number of benzene rings is 1. The predicted molar refractivity (Wildman–Crippen MR) is 80.5 cm³/mol. The van der Waals surface area contributed by atoms with E-state index in [1.807, 2.05) is 17.9 Å². The normalized spacial score (nSPS) is 19.6. The molecule has 0 aromatic heterocycles. The van der Waals surface area contributed by atoms with Gasteiger partial charge in [0.25, 0.3) is 0 Å². The fourth-order valence-electron chi connectivity index (χ4n) is 2.72. The van der Waals surface area contributed by atoms with Gasteiger partial charge in [-0.15, -0.1) is 12.4 Å². The Labute approximate surface area is 125 Å². The molecule has 1 amide bonds. The van der Waals surface area contributed by atoms with Gasteiger partial charge in [0.15, 0.2) is 0 Å². The van der Waals surface area contributed by atoms with E-state index in [2.05, 4.69) is 0 Å². The maximum atomic E-state index is 13.2. The lowest BCUT2D eigenvalue weighted by molar-refractivity contribution is -0.132. The van der Waals surface area contributed by atoms with E-state index in [1.54, 1.807) is 6.07 Å². The molecule has 0 bridgehead atoms. The van der Waals surface area contributed by atoms with Crippen LogP contribution < -0.4 is 5.73 Å². The van der Waals surface area contributed by atoms with Crippen LogP contribution in [0.1, 0.15) is 37.7 Å². The van der Waals surface area contributed by atoms with Crippen molar-refractivity contribution in [1.82, 2.24) is 4.90 Å². The first-order chi connectivity index (χ1) is 9.11. The molecule has 3 nitrogen and oxygen atoms in total. The van der Waals surface area contributed by atoms with Crippen molar-refractivity contribution in [3.8, 4) is 0 Å². The Balaban J connectivity index is 0.00000200. The molecule has 1 aromatic carbocycles. The molecule has 1 saturated heterocycles. The minimum absolute atomic E-state index is 0. The van der Waals surface area contributed by atoms with Crippen molar-refractivity contribution >= 4 is 18.3 Å². The highest BCUT2D eigenvalue weighted by atomic mass is 35.5. The lowest BCUT2D eigenvalue weighted by Gasteiger charge is -2.25. The zero-order chi connectivity index (χ0) is 13.8. The highest BCUT2D eigenvalue weighted by molar-refractivity contribution is 5.85. The summed E-state index contributed by atoms with van der Waals surface area (Å²) in [5.41, 5.74) is 6.55. The lowest BCUT2D eigenvalue weighted by Crippen LogP contribution is -2.40. The Morgan fingerprint density at radius 1 is 1.55 bits per heavy atom. The summed E-state index contributed by atoms with van der Waals surface area (Å²) in [6.45, 7) is 3.29. The number of hydrogen-bond acceptors (Lipinski definition) is 2. The van der Waals surface area contributed by atoms with Crippen molar-refractivity contribution in [2.45, 2.75) is 38.1 Å². The molecule has 2 atom stereocenters. The number of likely N-dealkylation sites (tertiary alicyclic amines) is 1. The fraction of sp³-hybridized carbons (Fsp3) is 0.533. The number of carbonyl (C=O) groups is 1. The topological polar surface area (TPSA) is 46.3 Å². The zero-order valence-electron chi connectivity index (χ0n) is 11.7. The predicted octanol–water partition coefficient (Wildman–Crippen LogP) is 2.69. The van der Waals surface area contributed by atoms with Crippen molar-refractivity contribution in [2.75, 3.05) is 13.1 Å². The van der Waals surface area contributed by atoms with Crippen LogP contribution in [0.3, 0.4) is 0 Å². The molecule has 2 N–H and O–H groups in total. The molecule has 0 spiro atoms. The molecule has 1 aliphatic heterocycles. The third-order valence-electron chi connectivity index (χ3n) is 3.87. The molecule has 0 saturated carbocycles. The summed E-state index contributed by atoms with van der Waals surface area (Å²) in [4.78, 5) is 14.1. The van der Waals surface area contributed by atoms with Gasteiger partial charge in [0.2, 0.25) is 5.91 Å². The van der Waals surface area contributed by atoms with Gasteiger partial charge in [-0.05, 0) is 36.5 Å². The quantitative estimate of drug-likeness (QED) is 0.929. The van der Waals surface area contributed by atoms with Crippen LogP contribution in [-0.2, 0) is 4.79 Å². The second-order valence-electron chi connectivity index (χ2n) is 5.28. The maximum absolute atomic E-state index is 13.2. The molecule has 0 aliphatic carbocycles. The number of hydrogen-bond donors (Lipinski definition) is 1. The molecule has 1 aliphatic rings. The third kappa shape index (κ3) is 3.93. The van der Waals surface area contributed by atoms with Crippen LogP contribution in [0.4, 0.5) is 4.39 Å². The molecule has 20 heavy (non-hydrogen) atoms. The first-order valence-corrected chi connectivity index (χ1v) is 6.87. The van der Waals surface area contributed by atoms with Gasteiger partial charge in [-0.3, -0.25) is 4.79 Å². The monoisotopic (exact) mass is 300 g/mol. The summed E-state index contributed by atoms with van der Waals surface area (Å²) >= 11 is 0. The molecule has 1 fully saturated rings. The van der Waals surface area contributed by atoms with E-state index in [9.17, 15) is 9.18 Å². The minimum Gasteiger partial charge on any atom is -0.338 e. The number of amides is 1. The number of carbonyl (C=O) groups excluding carboxylic acids is 1. The van der Waals surface area contributed by atoms with E-state index in [-0.39, 0.29) is 36.1 Å². The smallest absolute Gasteiger partial charge is 0.223 e. The number of halogens is 2. The van der Waals surface area contributed by atoms with Gasteiger partial charge >= 0.3 is 0 Å². The standard InChI is InChI=1S/C15H21FN2O.ClH/c1-11(12-4-2-5-13(16)9-12)8-15(19)18-7-3-6-14(18)10-17;/h2,4-5,9,11,14H,3,6-8,10,17H2,1H3;1H. The Morgan fingerprint density at radius 2 is 2.30 bits per heavy atom. The first-order valence-electron chi connectivity index (χ1n) is 6.87. The number of rotatable bonds is 4. The molecule has 1 aromatic rings. The van der Waals surface area contributed by atoms with Crippen LogP contribution in [0.2, 0.25) is 0 Å². The fourth-order valence-corrected chi connectivity index (χ4v) is 2.72. The Morgan fingerprint density at radius 3 is 2.95 bits per heavy atom. The van der Waals surface area contributed by atoms with E-state index < -0.39 is 0 Å². The zero-order valence-corrected chi connectivity index (χ0v) is 12.5. The van der Waals surface area contributed by atoms with Crippen LogP contribution in [0.25, 0.3) is 0 Å². The van der Waals surface area contributed by atoms with Crippen molar-refractivity contribution in [3.63, 3.8) is 0 Å². The molecule has 112 valence electrons. The van der Waals surface area contributed by atoms with Crippen LogP contribution in [0.5, 0.6) is 0 Å². The van der Waals surface area contributed by atoms with Crippen LogP contribution in [0, 0.1) is 5.82 Å². The highest BCUT2D eigenvalue weighted by Gasteiger charge is 2.28. The Bertz CT molecular complexity index is 455. The van der Waals surface area contributed by atoms with Gasteiger partial charge in [-0.1, -0.05) is 19.1 Å². The van der Waals surface area contributed by atoms with E-state index in [0.29, 0.717) is 13.0 Å². The van der Waals surface area contributed by atoms with E-state index >= 15 is 0 Å². The van der Waals surface area contributed by atoms with Crippen LogP contribution >= 0.6 is 12.4 Å². The second kappa shape index (κ2) is 7.60. The van der Waals surface area contributed by atoms with Gasteiger partial charge in [0.05, 0.1) is 0 Å². The van der Waals surface area contributed by atoms with E-state index in [4.69, 9.17) is 5.73 Å². The van der Waals surface area contributed by atoms with Gasteiger partial charge in [-0.25, -0.2) is 4.39 Å². The third-order valence-corrected chi connectivity index (χ3v) is 3.87. The SMILES string of the molecule is CC(CC(=O)N1CCCC1CN)c1cccc(F)c1.Cl. The molecule has 5 heteroatoms. The molecule has 0 radical (unpaired) electrons. The van der Waals surface area contributed by atoms with Gasteiger partial charge in [0, 0.05) is 25.6 Å². The van der Waals surface area contributed by atoms with Crippen molar-refractivity contribution in [3.05, 3.63) is 35.6 Å². The summed E-state index contributed by atoms with van der Waals surface area (Å²) in [5.74, 6) is -0.0928. The lowest BCUT2D eigenvalue weighted by atomic mass is 9.97. The summed E-state index contributed by atoms with van der Waals surface area (Å²) in [6.07, 6.45) is 2.44. The summed E-state index contributed by atoms with van der Waals surface area (Å²) < 4.78 is 13.2. The molecule has 2 rings (SSSR count). The minimum atomic E-state index is -0.252. The van der Waals surface area contributed by atoms with Crippen molar-refractivity contribution in [1.29, 1.82) is 0 Å². The number of nitrogens with two attached hydrogens (primary N) is 1. The van der Waals surface area contributed by atoms with Crippen LogP contribution in [0.15, 0.2) is 24.3 Å². The summed E-state index contributed by atoms with van der Waals surface area (Å²) in [6, 6.07) is 6.66. The highest BCUT2D eigenvalue weighted by Crippen LogP contribution is 2.24. The largest absolute Gasteiger partial charge is 0.338 e. The summed E-state index contributed by atoms with van der Waals surface area (Å²) in [5, 5.41) is 0. The van der Waals surface area contributed by atoms with E-state index in [1.165, 1.54) is 12.1 Å². The average Bonchev–Trinajstić information content (AvgIpc) is 2.87. The Hall–Kier alpha value is -1.13. The van der Waals surface area contributed by atoms with Gasteiger partial charge < -0.3 is 10.6 Å². The average molecular weight is 301 g/mol. The maximum Gasteiger partial charge on any atom is 0.223 e.